The second kappa shape index (κ2) is 5.67. The number of halogens is 2. The quantitative estimate of drug-likeness (QED) is 0.915. The summed E-state index contributed by atoms with van der Waals surface area (Å²) in [5.41, 5.74) is 0.420. The van der Waals surface area contributed by atoms with Crippen LogP contribution in [0.4, 0.5) is 4.39 Å². The molecule has 1 heterocycles. The SMILES string of the molecule is O=C(O)CC(c1ccc(Cl)cc1F)N1CCCC1. The van der Waals surface area contributed by atoms with E-state index in [0.29, 0.717) is 10.6 Å². The molecule has 1 aliphatic heterocycles. The zero-order chi connectivity index (χ0) is 13.1. The fourth-order valence-corrected chi connectivity index (χ4v) is 2.58. The monoisotopic (exact) mass is 271 g/mol. The largest absolute Gasteiger partial charge is 0.481 e. The molecule has 0 saturated carbocycles. The van der Waals surface area contributed by atoms with Gasteiger partial charge < -0.3 is 5.11 Å². The molecular formula is C13H15ClFNO2. The van der Waals surface area contributed by atoms with Crippen LogP contribution in [-0.4, -0.2) is 29.1 Å². The second-order valence-corrected chi connectivity index (χ2v) is 4.96. The Bertz CT molecular complexity index is 447. The smallest absolute Gasteiger partial charge is 0.305 e. The molecule has 3 nitrogen and oxygen atoms in total. The van der Waals surface area contributed by atoms with Crippen molar-refractivity contribution in [3.8, 4) is 0 Å². The average molecular weight is 272 g/mol. The van der Waals surface area contributed by atoms with Crippen molar-refractivity contribution in [3.63, 3.8) is 0 Å². The minimum Gasteiger partial charge on any atom is -0.481 e. The van der Waals surface area contributed by atoms with Crippen molar-refractivity contribution < 1.29 is 14.3 Å². The third-order valence-corrected chi connectivity index (χ3v) is 3.51. The molecule has 18 heavy (non-hydrogen) atoms. The minimum absolute atomic E-state index is 0.0848. The van der Waals surface area contributed by atoms with Gasteiger partial charge in [0.1, 0.15) is 5.82 Å². The summed E-state index contributed by atoms with van der Waals surface area (Å²) in [7, 11) is 0. The zero-order valence-corrected chi connectivity index (χ0v) is 10.7. The lowest BCUT2D eigenvalue weighted by molar-refractivity contribution is -0.138. The average Bonchev–Trinajstić information content (AvgIpc) is 2.79. The highest BCUT2D eigenvalue weighted by Crippen LogP contribution is 2.30. The van der Waals surface area contributed by atoms with Gasteiger partial charge in [0.2, 0.25) is 0 Å². The Hall–Kier alpha value is -1.13. The maximum atomic E-state index is 13.9. The first kappa shape index (κ1) is 13.3. The number of hydrogen-bond donors (Lipinski definition) is 1. The number of benzene rings is 1. The molecule has 0 aromatic heterocycles. The topological polar surface area (TPSA) is 40.5 Å². The van der Waals surface area contributed by atoms with Crippen LogP contribution in [0.3, 0.4) is 0 Å². The molecular weight excluding hydrogens is 257 g/mol. The van der Waals surface area contributed by atoms with Crippen molar-refractivity contribution in [3.05, 3.63) is 34.6 Å². The predicted molar refractivity (Wildman–Crippen MR) is 67.2 cm³/mol. The molecule has 1 saturated heterocycles. The van der Waals surface area contributed by atoms with Crippen LogP contribution < -0.4 is 0 Å². The Morgan fingerprint density at radius 1 is 1.44 bits per heavy atom. The summed E-state index contributed by atoms with van der Waals surface area (Å²) in [5, 5.41) is 9.30. The number of rotatable bonds is 4. The Morgan fingerprint density at radius 3 is 2.67 bits per heavy atom. The summed E-state index contributed by atoms with van der Waals surface area (Å²) in [6.45, 7) is 1.64. The van der Waals surface area contributed by atoms with Crippen molar-refractivity contribution in [1.29, 1.82) is 0 Å². The summed E-state index contributed by atoms with van der Waals surface area (Å²) < 4.78 is 13.9. The Morgan fingerprint density at radius 2 is 2.11 bits per heavy atom. The van der Waals surface area contributed by atoms with Gasteiger partial charge in [0.05, 0.1) is 6.42 Å². The van der Waals surface area contributed by atoms with E-state index in [-0.39, 0.29) is 6.42 Å². The summed E-state index contributed by atoms with van der Waals surface area (Å²) in [5.74, 6) is -1.35. The summed E-state index contributed by atoms with van der Waals surface area (Å²) in [4.78, 5) is 13.0. The molecule has 1 aliphatic rings. The minimum atomic E-state index is -0.916. The number of nitrogens with zero attached hydrogens (tertiary/aromatic N) is 1. The lowest BCUT2D eigenvalue weighted by Crippen LogP contribution is -2.28. The van der Waals surface area contributed by atoms with E-state index in [1.165, 1.54) is 6.07 Å². The van der Waals surface area contributed by atoms with Gasteiger partial charge in [-0.15, -0.1) is 0 Å². The van der Waals surface area contributed by atoms with Gasteiger partial charge in [0.15, 0.2) is 0 Å². The molecule has 1 unspecified atom stereocenters. The first-order valence-corrected chi connectivity index (χ1v) is 6.36. The molecule has 0 bridgehead atoms. The molecule has 0 spiro atoms. The van der Waals surface area contributed by atoms with E-state index < -0.39 is 17.8 Å². The summed E-state index contributed by atoms with van der Waals surface area (Å²) >= 11 is 5.72. The molecule has 2 rings (SSSR count). The first-order valence-electron chi connectivity index (χ1n) is 5.98. The molecule has 1 aromatic carbocycles. The van der Waals surface area contributed by atoms with Crippen LogP contribution in [0.15, 0.2) is 18.2 Å². The number of carbonyl (C=O) groups is 1. The number of hydrogen-bond acceptors (Lipinski definition) is 2. The van der Waals surface area contributed by atoms with Gasteiger partial charge in [0.25, 0.3) is 0 Å². The number of carboxylic acids is 1. The fourth-order valence-electron chi connectivity index (χ4n) is 2.43. The van der Waals surface area contributed by atoms with Gasteiger partial charge in [-0.05, 0) is 38.1 Å². The van der Waals surface area contributed by atoms with Crippen LogP contribution in [0.25, 0.3) is 0 Å². The zero-order valence-electron chi connectivity index (χ0n) is 9.90. The Kier molecular flexibility index (Phi) is 4.19. The third-order valence-electron chi connectivity index (χ3n) is 3.27. The number of carboxylic acid groups (broad SMARTS) is 1. The standard InChI is InChI=1S/C13H15ClFNO2/c14-9-3-4-10(11(15)7-9)12(8-13(17)18)16-5-1-2-6-16/h3-4,7,12H,1-2,5-6,8H2,(H,17,18). The molecule has 0 aliphatic carbocycles. The summed E-state index contributed by atoms with van der Waals surface area (Å²) in [6, 6.07) is 4.03. The highest BCUT2D eigenvalue weighted by Gasteiger charge is 2.27. The van der Waals surface area contributed by atoms with Crippen LogP contribution in [0.2, 0.25) is 5.02 Å². The maximum Gasteiger partial charge on any atom is 0.305 e. The van der Waals surface area contributed by atoms with Crippen molar-refractivity contribution in [2.24, 2.45) is 0 Å². The Balaban J connectivity index is 2.29. The molecule has 98 valence electrons. The lowest BCUT2D eigenvalue weighted by atomic mass is 10.0. The summed E-state index contributed by atoms with van der Waals surface area (Å²) in [6.07, 6.45) is 1.98. The second-order valence-electron chi connectivity index (χ2n) is 4.52. The molecule has 0 amide bonds. The van der Waals surface area contributed by atoms with Gasteiger partial charge in [-0.3, -0.25) is 9.69 Å². The van der Waals surface area contributed by atoms with E-state index in [9.17, 15) is 9.18 Å². The van der Waals surface area contributed by atoms with E-state index in [2.05, 4.69) is 0 Å². The highest BCUT2D eigenvalue weighted by atomic mass is 35.5. The van der Waals surface area contributed by atoms with Crippen molar-refractivity contribution >= 4 is 17.6 Å². The number of likely N-dealkylation sites (tertiary alicyclic amines) is 1. The fraction of sp³-hybridized carbons (Fsp3) is 0.462. The van der Waals surface area contributed by atoms with Gasteiger partial charge >= 0.3 is 5.97 Å². The number of aliphatic carboxylic acids is 1. The lowest BCUT2D eigenvalue weighted by Gasteiger charge is -2.26. The van der Waals surface area contributed by atoms with Crippen LogP contribution >= 0.6 is 11.6 Å². The van der Waals surface area contributed by atoms with E-state index in [4.69, 9.17) is 16.7 Å². The normalized spacial score (nSPS) is 17.9. The molecule has 1 atom stereocenters. The van der Waals surface area contributed by atoms with E-state index in [0.717, 1.165) is 25.9 Å². The first-order chi connectivity index (χ1) is 8.58. The van der Waals surface area contributed by atoms with Crippen LogP contribution in [0.1, 0.15) is 30.9 Å². The van der Waals surface area contributed by atoms with E-state index in [1.54, 1.807) is 12.1 Å². The van der Waals surface area contributed by atoms with Crippen molar-refractivity contribution in [2.45, 2.75) is 25.3 Å². The van der Waals surface area contributed by atoms with Gasteiger partial charge in [-0.2, -0.15) is 0 Å². The molecule has 5 heteroatoms. The predicted octanol–water partition coefficient (Wildman–Crippen LogP) is 3.09. The molecule has 1 N–H and O–H groups in total. The van der Waals surface area contributed by atoms with Gasteiger partial charge in [-0.25, -0.2) is 4.39 Å². The van der Waals surface area contributed by atoms with E-state index >= 15 is 0 Å². The molecule has 1 fully saturated rings. The highest BCUT2D eigenvalue weighted by molar-refractivity contribution is 6.30. The van der Waals surface area contributed by atoms with Crippen molar-refractivity contribution in [2.75, 3.05) is 13.1 Å². The maximum absolute atomic E-state index is 13.9. The van der Waals surface area contributed by atoms with Gasteiger partial charge in [-0.1, -0.05) is 17.7 Å². The van der Waals surface area contributed by atoms with Crippen LogP contribution in [0, 0.1) is 5.82 Å². The van der Waals surface area contributed by atoms with Crippen molar-refractivity contribution in [1.82, 2.24) is 4.90 Å². The van der Waals surface area contributed by atoms with Crippen LogP contribution in [-0.2, 0) is 4.79 Å². The third kappa shape index (κ3) is 3.00. The van der Waals surface area contributed by atoms with E-state index in [1.807, 2.05) is 4.90 Å². The van der Waals surface area contributed by atoms with Gasteiger partial charge in [0, 0.05) is 16.6 Å². The Labute approximate surface area is 110 Å². The van der Waals surface area contributed by atoms with Crippen LogP contribution in [0.5, 0.6) is 0 Å². The molecule has 0 radical (unpaired) electrons. The molecule has 1 aromatic rings.